The van der Waals surface area contributed by atoms with Crippen molar-refractivity contribution >= 4 is 39.4 Å². The molecular weight excluding hydrogens is 553 g/mol. The molecule has 2 heterocycles. The third-order valence-corrected chi connectivity index (χ3v) is 8.37. The number of amides is 2. The SMILES string of the molecule is Cc1cc(N(C)C(=O)CO)ccc1C=CS(=O)(=O)N1CCC2(CC1)N=C(c1cccc(OC(F)(F)F)c1)NC2=O. The molecule has 2 aliphatic rings. The second kappa shape index (κ2) is 11.0. The highest BCUT2D eigenvalue weighted by molar-refractivity contribution is 7.92. The monoisotopic (exact) mass is 580 g/mol. The number of nitrogens with zero attached hydrogens (tertiary/aromatic N) is 3. The molecule has 0 atom stereocenters. The number of anilines is 1. The molecular formula is C26H27F3N4O6S. The van der Waals surface area contributed by atoms with E-state index < -0.39 is 46.1 Å². The van der Waals surface area contributed by atoms with E-state index in [1.54, 1.807) is 25.1 Å². The molecule has 2 aliphatic heterocycles. The van der Waals surface area contributed by atoms with E-state index in [4.69, 9.17) is 5.11 Å². The molecule has 0 aromatic heterocycles. The smallest absolute Gasteiger partial charge is 0.406 e. The molecule has 2 amide bonds. The van der Waals surface area contributed by atoms with E-state index in [1.807, 2.05) is 0 Å². The van der Waals surface area contributed by atoms with E-state index >= 15 is 0 Å². The molecule has 40 heavy (non-hydrogen) atoms. The first-order chi connectivity index (χ1) is 18.7. The summed E-state index contributed by atoms with van der Waals surface area (Å²) in [7, 11) is -2.32. The maximum absolute atomic E-state index is 13.0. The van der Waals surface area contributed by atoms with Crippen molar-refractivity contribution in [3.8, 4) is 5.75 Å². The largest absolute Gasteiger partial charge is 0.573 e. The van der Waals surface area contributed by atoms with Gasteiger partial charge in [-0.3, -0.25) is 14.6 Å². The van der Waals surface area contributed by atoms with Gasteiger partial charge in [-0.15, -0.1) is 13.2 Å². The van der Waals surface area contributed by atoms with Crippen LogP contribution in [-0.4, -0.2) is 74.1 Å². The summed E-state index contributed by atoms with van der Waals surface area (Å²) in [5.41, 5.74) is 0.891. The van der Waals surface area contributed by atoms with Crippen molar-refractivity contribution in [3.05, 3.63) is 64.6 Å². The molecule has 0 radical (unpaired) electrons. The van der Waals surface area contributed by atoms with Crippen LogP contribution in [0.1, 0.15) is 29.5 Å². The molecule has 1 spiro atoms. The molecule has 14 heteroatoms. The third kappa shape index (κ3) is 6.35. The first kappa shape index (κ1) is 29.2. The molecule has 0 saturated carbocycles. The number of aliphatic hydroxyl groups excluding tert-OH is 1. The van der Waals surface area contributed by atoms with Gasteiger partial charge in [-0.1, -0.05) is 18.2 Å². The van der Waals surface area contributed by atoms with Crippen molar-refractivity contribution < 1.29 is 41.0 Å². The van der Waals surface area contributed by atoms with Gasteiger partial charge in [-0.25, -0.2) is 8.42 Å². The van der Waals surface area contributed by atoms with Gasteiger partial charge in [0.2, 0.25) is 10.0 Å². The summed E-state index contributed by atoms with van der Waals surface area (Å²) in [5, 5.41) is 12.7. The maximum atomic E-state index is 13.0. The number of carbonyl (C=O) groups is 2. The quantitative estimate of drug-likeness (QED) is 0.518. The fourth-order valence-electron chi connectivity index (χ4n) is 4.49. The van der Waals surface area contributed by atoms with Crippen LogP contribution < -0.4 is 15.0 Å². The summed E-state index contributed by atoms with van der Waals surface area (Å²) in [6.07, 6.45) is -3.24. The average molecular weight is 581 g/mol. The van der Waals surface area contributed by atoms with Gasteiger partial charge in [0, 0.05) is 36.8 Å². The number of aliphatic hydroxyl groups is 1. The minimum absolute atomic E-state index is 0.0140. The van der Waals surface area contributed by atoms with Gasteiger partial charge < -0.3 is 20.1 Å². The zero-order chi connectivity index (χ0) is 29.3. The van der Waals surface area contributed by atoms with E-state index in [1.165, 1.54) is 34.5 Å². The van der Waals surface area contributed by atoms with Crippen LogP contribution in [0.5, 0.6) is 5.75 Å². The van der Waals surface area contributed by atoms with Crippen molar-refractivity contribution in [2.45, 2.75) is 31.7 Å². The van der Waals surface area contributed by atoms with Gasteiger partial charge in [0.25, 0.3) is 11.8 Å². The lowest BCUT2D eigenvalue weighted by Crippen LogP contribution is -2.50. The first-order valence-electron chi connectivity index (χ1n) is 12.2. The molecule has 2 aromatic carbocycles. The number of benzene rings is 2. The van der Waals surface area contributed by atoms with Crippen LogP contribution >= 0.6 is 0 Å². The Morgan fingerprint density at radius 3 is 2.55 bits per heavy atom. The molecule has 214 valence electrons. The van der Waals surface area contributed by atoms with Crippen LogP contribution in [0.15, 0.2) is 52.9 Å². The second-order valence-electron chi connectivity index (χ2n) is 9.42. The average Bonchev–Trinajstić information content (AvgIpc) is 3.21. The van der Waals surface area contributed by atoms with Crippen LogP contribution in [0.4, 0.5) is 18.9 Å². The highest BCUT2D eigenvalue weighted by Gasteiger charge is 2.47. The number of halogens is 3. The normalized spacial score (nSPS) is 17.6. The molecule has 1 fully saturated rings. The van der Waals surface area contributed by atoms with Crippen LogP contribution in [0, 0.1) is 6.92 Å². The molecule has 4 rings (SSSR count). The van der Waals surface area contributed by atoms with Gasteiger partial charge in [-0.2, -0.15) is 4.31 Å². The Morgan fingerprint density at radius 1 is 1.23 bits per heavy atom. The van der Waals surface area contributed by atoms with Crippen LogP contribution in [0.3, 0.4) is 0 Å². The van der Waals surface area contributed by atoms with Crippen molar-refractivity contribution in [1.29, 1.82) is 0 Å². The minimum atomic E-state index is -4.87. The number of amidine groups is 1. The van der Waals surface area contributed by atoms with Crippen LogP contribution in [0.2, 0.25) is 0 Å². The fourth-order valence-corrected chi connectivity index (χ4v) is 5.68. The van der Waals surface area contributed by atoms with Crippen LogP contribution in [0.25, 0.3) is 6.08 Å². The van der Waals surface area contributed by atoms with Gasteiger partial charge in [0.1, 0.15) is 23.7 Å². The topological polar surface area (TPSA) is 129 Å². The highest BCUT2D eigenvalue weighted by Crippen LogP contribution is 2.33. The number of hydrogen-bond acceptors (Lipinski definition) is 7. The number of rotatable bonds is 7. The number of aryl methyl sites for hydroxylation is 1. The Bertz CT molecular complexity index is 1480. The molecule has 0 unspecified atom stereocenters. The fraction of sp³-hybridized carbons (Fsp3) is 0.346. The summed E-state index contributed by atoms with van der Waals surface area (Å²) in [6, 6.07) is 10.1. The van der Waals surface area contributed by atoms with E-state index in [0.29, 0.717) is 16.8 Å². The summed E-state index contributed by atoms with van der Waals surface area (Å²) in [5.74, 6) is -1.28. The van der Waals surface area contributed by atoms with Gasteiger partial charge >= 0.3 is 6.36 Å². The molecule has 2 aromatic rings. The van der Waals surface area contributed by atoms with E-state index in [9.17, 15) is 31.2 Å². The summed E-state index contributed by atoms with van der Waals surface area (Å²) in [6.45, 7) is 1.15. The Labute approximate surface area is 228 Å². The number of piperidine rings is 1. The predicted molar refractivity (Wildman–Crippen MR) is 141 cm³/mol. The Balaban J connectivity index is 1.44. The lowest BCUT2D eigenvalue weighted by molar-refractivity contribution is -0.274. The van der Waals surface area contributed by atoms with Crippen molar-refractivity contribution in [2.75, 3.05) is 31.6 Å². The predicted octanol–water partition coefficient (Wildman–Crippen LogP) is 2.56. The van der Waals surface area contributed by atoms with Gasteiger partial charge in [0.05, 0.1) is 0 Å². The molecule has 1 saturated heterocycles. The number of hydrogen-bond donors (Lipinski definition) is 2. The van der Waals surface area contributed by atoms with E-state index in [2.05, 4.69) is 15.0 Å². The second-order valence-corrected chi connectivity index (χ2v) is 11.2. The Morgan fingerprint density at radius 2 is 1.93 bits per heavy atom. The number of alkyl halides is 3. The lowest BCUT2D eigenvalue weighted by atomic mass is 9.89. The molecule has 0 bridgehead atoms. The van der Waals surface area contributed by atoms with E-state index in [0.717, 1.165) is 17.5 Å². The minimum Gasteiger partial charge on any atom is -0.406 e. The number of sulfonamides is 1. The number of nitrogens with one attached hydrogen (secondary N) is 1. The van der Waals surface area contributed by atoms with Crippen molar-refractivity contribution in [1.82, 2.24) is 9.62 Å². The summed E-state index contributed by atoms with van der Waals surface area (Å²) in [4.78, 5) is 30.3. The number of likely N-dealkylation sites (N-methyl/N-ethyl adjacent to an activating group) is 1. The number of carbonyl (C=O) groups excluding carboxylic acids is 2. The van der Waals surface area contributed by atoms with E-state index in [-0.39, 0.29) is 37.3 Å². The zero-order valence-corrected chi connectivity index (χ0v) is 22.4. The highest BCUT2D eigenvalue weighted by atomic mass is 32.2. The number of ether oxygens (including phenoxy) is 1. The molecule has 2 N–H and O–H groups in total. The summed E-state index contributed by atoms with van der Waals surface area (Å²) < 4.78 is 69.0. The zero-order valence-electron chi connectivity index (χ0n) is 21.6. The van der Waals surface area contributed by atoms with Crippen LogP contribution in [-0.2, 0) is 19.6 Å². The molecule has 0 aliphatic carbocycles. The van der Waals surface area contributed by atoms with Crippen molar-refractivity contribution in [2.24, 2.45) is 4.99 Å². The third-order valence-electron chi connectivity index (χ3n) is 6.80. The summed E-state index contributed by atoms with van der Waals surface area (Å²) >= 11 is 0. The first-order valence-corrected chi connectivity index (χ1v) is 13.7. The lowest BCUT2D eigenvalue weighted by Gasteiger charge is -2.34. The van der Waals surface area contributed by atoms with Gasteiger partial charge in [-0.05, 0) is 61.2 Å². The standard InChI is InChI=1S/C26H27F3N4O6S/c1-17-14-20(32(2)22(35)16-34)7-6-18(17)8-13-40(37,38)33-11-9-25(10-12-33)24(36)30-23(31-25)19-4-3-5-21(15-19)39-26(27,28)29/h3-8,13-15,34H,9-12,16H2,1-2H3,(H,30,31,36). The maximum Gasteiger partial charge on any atom is 0.573 e. The number of aliphatic imine (C=N–C) groups is 1. The Hall–Kier alpha value is -3.75. The van der Waals surface area contributed by atoms with Crippen molar-refractivity contribution in [3.63, 3.8) is 0 Å². The molecule has 10 nitrogen and oxygen atoms in total. The van der Waals surface area contributed by atoms with Gasteiger partial charge in [0.15, 0.2) is 0 Å². The Kier molecular flexibility index (Phi) is 8.06.